The van der Waals surface area contributed by atoms with Crippen molar-refractivity contribution in [2.75, 3.05) is 19.7 Å². The Bertz CT molecular complexity index is 1070. The number of hydrogen-bond acceptors (Lipinski definition) is 4. The van der Waals surface area contributed by atoms with Gasteiger partial charge < -0.3 is 20.1 Å². The van der Waals surface area contributed by atoms with E-state index in [0.717, 1.165) is 35.1 Å². The van der Waals surface area contributed by atoms with E-state index in [-0.39, 0.29) is 42.6 Å². The minimum atomic E-state index is -0.846. The molecule has 34 heavy (non-hydrogen) atoms. The third-order valence-corrected chi connectivity index (χ3v) is 7.49. The lowest BCUT2D eigenvalue weighted by Gasteiger charge is -2.24. The molecule has 2 aromatic carbocycles. The number of likely N-dealkylation sites (tertiary alicyclic amines) is 1. The summed E-state index contributed by atoms with van der Waals surface area (Å²) in [4.78, 5) is 38.9. The molecule has 1 aliphatic heterocycles. The highest BCUT2D eigenvalue weighted by molar-refractivity contribution is 5.87. The van der Waals surface area contributed by atoms with Crippen molar-refractivity contribution < 1.29 is 24.2 Å². The highest BCUT2D eigenvalue weighted by Gasteiger charge is 2.43. The van der Waals surface area contributed by atoms with E-state index < -0.39 is 18.1 Å². The topological polar surface area (TPSA) is 95.9 Å². The van der Waals surface area contributed by atoms with E-state index in [2.05, 4.69) is 29.6 Å². The molecule has 0 radical (unpaired) electrons. The summed E-state index contributed by atoms with van der Waals surface area (Å²) in [6, 6.07) is 15.7. The lowest BCUT2D eigenvalue weighted by molar-refractivity contribution is -0.139. The number of nitrogens with one attached hydrogen (secondary N) is 1. The molecule has 178 valence electrons. The fourth-order valence-electron chi connectivity index (χ4n) is 5.48. The van der Waals surface area contributed by atoms with Crippen molar-refractivity contribution in [3.8, 4) is 11.1 Å². The van der Waals surface area contributed by atoms with Gasteiger partial charge >= 0.3 is 12.1 Å². The largest absolute Gasteiger partial charge is 0.481 e. The van der Waals surface area contributed by atoms with E-state index in [9.17, 15) is 14.4 Å². The zero-order chi connectivity index (χ0) is 23.8. The number of hydrogen-bond donors (Lipinski definition) is 2. The van der Waals surface area contributed by atoms with Crippen molar-refractivity contribution in [1.82, 2.24) is 10.2 Å². The van der Waals surface area contributed by atoms with E-state index in [0.29, 0.717) is 13.1 Å². The number of ether oxygens (including phenoxy) is 1. The van der Waals surface area contributed by atoms with Crippen LogP contribution < -0.4 is 5.32 Å². The van der Waals surface area contributed by atoms with Gasteiger partial charge in [0.05, 0.1) is 6.42 Å². The number of benzene rings is 2. The summed E-state index contributed by atoms with van der Waals surface area (Å²) >= 11 is 0. The number of fused-ring (bicyclic) bond motifs is 3. The lowest BCUT2D eigenvalue weighted by atomic mass is 9.95. The average Bonchev–Trinajstić information content (AvgIpc) is 3.53. The number of carboxylic acids is 1. The van der Waals surface area contributed by atoms with E-state index in [1.54, 1.807) is 4.90 Å². The quantitative estimate of drug-likeness (QED) is 0.651. The van der Waals surface area contributed by atoms with Crippen LogP contribution in [-0.2, 0) is 14.3 Å². The summed E-state index contributed by atoms with van der Waals surface area (Å²) in [5, 5.41) is 12.0. The highest BCUT2D eigenvalue weighted by Crippen LogP contribution is 2.44. The van der Waals surface area contributed by atoms with Gasteiger partial charge in [-0.15, -0.1) is 0 Å². The van der Waals surface area contributed by atoms with Crippen LogP contribution in [0.1, 0.15) is 43.2 Å². The molecule has 2 amide bonds. The molecule has 1 heterocycles. The van der Waals surface area contributed by atoms with Crippen LogP contribution in [0, 0.1) is 17.8 Å². The summed E-state index contributed by atoms with van der Waals surface area (Å²) in [7, 11) is 0. The predicted octanol–water partition coefficient (Wildman–Crippen LogP) is 3.87. The number of nitrogens with zero attached hydrogens (tertiary/aromatic N) is 1. The van der Waals surface area contributed by atoms with Gasteiger partial charge in [-0.05, 0) is 52.8 Å². The van der Waals surface area contributed by atoms with Crippen LogP contribution in [0.4, 0.5) is 4.79 Å². The van der Waals surface area contributed by atoms with E-state index in [4.69, 9.17) is 9.84 Å². The molecule has 2 fully saturated rings. The normalized spacial score (nSPS) is 22.1. The Balaban J connectivity index is 1.23. The first-order valence-corrected chi connectivity index (χ1v) is 12.0. The molecule has 2 N–H and O–H groups in total. The Morgan fingerprint density at radius 2 is 1.65 bits per heavy atom. The van der Waals surface area contributed by atoms with Crippen molar-refractivity contribution in [3.05, 3.63) is 59.7 Å². The monoisotopic (exact) mass is 462 g/mol. The number of aliphatic carboxylic acids is 1. The lowest BCUT2D eigenvalue weighted by Crippen LogP contribution is -2.49. The fraction of sp³-hybridized carbons (Fsp3) is 0.444. The van der Waals surface area contributed by atoms with Crippen LogP contribution >= 0.6 is 0 Å². The van der Waals surface area contributed by atoms with Crippen LogP contribution in [-0.4, -0.2) is 53.7 Å². The molecule has 0 aromatic heterocycles. The van der Waals surface area contributed by atoms with Crippen LogP contribution in [0.15, 0.2) is 48.5 Å². The first kappa shape index (κ1) is 22.4. The third kappa shape index (κ3) is 4.39. The number of carbonyl (C=O) groups excluding carboxylic acids is 2. The van der Waals surface area contributed by atoms with Crippen LogP contribution in [0.5, 0.6) is 0 Å². The standard InChI is InChI=1S/C27H30N2O5/c1-16-13-29(14-18(16)12-24(30)31)26(32)25(17-10-11-17)28-27(33)34-15-23-21-8-4-2-6-19(21)20-7-3-5-9-22(20)23/h2-9,16-18,23,25H,10-15H2,1H3,(H,28,33)(H,30,31)/t16-,18-,25?/m1/s1. The minimum absolute atomic E-state index is 0.0376. The molecule has 0 spiro atoms. The molecular weight excluding hydrogens is 432 g/mol. The van der Waals surface area contributed by atoms with Crippen LogP contribution in [0.3, 0.4) is 0 Å². The van der Waals surface area contributed by atoms with Gasteiger partial charge in [-0.1, -0.05) is 55.5 Å². The maximum absolute atomic E-state index is 13.2. The second kappa shape index (κ2) is 9.12. The van der Waals surface area contributed by atoms with Crippen LogP contribution in [0.25, 0.3) is 11.1 Å². The van der Waals surface area contributed by atoms with Gasteiger partial charge in [0.25, 0.3) is 0 Å². The number of rotatable bonds is 7. The van der Waals surface area contributed by atoms with Gasteiger partial charge in [0.1, 0.15) is 12.6 Å². The molecule has 1 saturated carbocycles. The first-order valence-electron chi connectivity index (χ1n) is 12.0. The van der Waals surface area contributed by atoms with Gasteiger partial charge in [0, 0.05) is 19.0 Å². The summed E-state index contributed by atoms with van der Waals surface area (Å²) in [5.41, 5.74) is 4.61. The summed E-state index contributed by atoms with van der Waals surface area (Å²) < 4.78 is 5.66. The summed E-state index contributed by atoms with van der Waals surface area (Å²) in [6.45, 7) is 3.12. The molecule has 3 atom stereocenters. The summed E-state index contributed by atoms with van der Waals surface area (Å²) in [6.07, 6.45) is 1.25. The maximum Gasteiger partial charge on any atom is 0.407 e. The predicted molar refractivity (Wildman–Crippen MR) is 126 cm³/mol. The molecule has 2 aromatic rings. The third-order valence-electron chi connectivity index (χ3n) is 7.49. The molecule has 7 nitrogen and oxygen atoms in total. The number of alkyl carbamates (subject to hydrolysis) is 1. The number of amides is 2. The minimum Gasteiger partial charge on any atom is -0.481 e. The molecule has 3 aliphatic rings. The van der Waals surface area contributed by atoms with Crippen molar-refractivity contribution in [2.45, 2.75) is 38.1 Å². The van der Waals surface area contributed by atoms with Gasteiger partial charge in [0.2, 0.25) is 5.91 Å². The molecule has 0 bridgehead atoms. The maximum atomic E-state index is 13.2. The zero-order valence-corrected chi connectivity index (χ0v) is 19.3. The smallest absolute Gasteiger partial charge is 0.407 e. The van der Waals surface area contributed by atoms with Crippen molar-refractivity contribution >= 4 is 18.0 Å². The number of carboxylic acid groups (broad SMARTS) is 1. The van der Waals surface area contributed by atoms with E-state index >= 15 is 0 Å². The van der Waals surface area contributed by atoms with Crippen molar-refractivity contribution in [2.24, 2.45) is 17.8 Å². The highest BCUT2D eigenvalue weighted by atomic mass is 16.5. The van der Waals surface area contributed by atoms with E-state index in [1.165, 1.54) is 0 Å². The molecule has 1 unspecified atom stereocenters. The van der Waals surface area contributed by atoms with Gasteiger partial charge in [0.15, 0.2) is 0 Å². The Hall–Kier alpha value is -3.35. The molecule has 5 rings (SSSR count). The second-order valence-corrected chi connectivity index (χ2v) is 9.86. The SMILES string of the molecule is C[C@@H]1CN(C(=O)C(NC(=O)OCC2c3ccccc3-c3ccccc32)C2CC2)C[C@H]1CC(=O)O. The Morgan fingerprint density at radius 1 is 1.03 bits per heavy atom. The average molecular weight is 463 g/mol. The summed E-state index contributed by atoms with van der Waals surface area (Å²) in [5.74, 6) is -0.839. The Kier molecular flexibility index (Phi) is 6.02. The Labute approximate surface area is 199 Å². The van der Waals surface area contributed by atoms with Gasteiger partial charge in [-0.2, -0.15) is 0 Å². The Morgan fingerprint density at radius 3 is 2.24 bits per heavy atom. The van der Waals surface area contributed by atoms with Crippen molar-refractivity contribution in [3.63, 3.8) is 0 Å². The van der Waals surface area contributed by atoms with Crippen molar-refractivity contribution in [1.29, 1.82) is 0 Å². The zero-order valence-electron chi connectivity index (χ0n) is 19.3. The van der Waals surface area contributed by atoms with E-state index in [1.807, 2.05) is 31.2 Å². The van der Waals surface area contributed by atoms with Gasteiger partial charge in [-0.3, -0.25) is 9.59 Å². The fourth-order valence-corrected chi connectivity index (χ4v) is 5.48. The molecule has 2 aliphatic carbocycles. The first-order chi connectivity index (χ1) is 16.4. The number of carbonyl (C=O) groups is 3. The second-order valence-electron chi connectivity index (χ2n) is 9.86. The molecule has 1 saturated heterocycles. The van der Waals surface area contributed by atoms with Crippen LogP contribution in [0.2, 0.25) is 0 Å². The molecule has 7 heteroatoms. The molecular formula is C27H30N2O5. The van der Waals surface area contributed by atoms with Gasteiger partial charge in [-0.25, -0.2) is 4.79 Å².